The molecular formula is C8H6BrFO5. The Morgan fingerprint density at radius 1 is 1.40 bits per heavy atom. The molecule has 82 valence electrons. The van der Waals surface area contributed by atoms with Gasteiger partial charge in [0.25, 0.3) is 0 Å². The molecule has 1 aromatic carbocycles. The van der Waals surface area contributed by atoms with Crippen LogP contribution in [0.2, 0.25) is 0 Å². The number of carbonyl (C=O) groups is 1. The minimum Gasteiger partial charge on any atom is -0.504 e. The van der Waals surface area contributed by atoms with Crippen molar-refractivity contribution < 1.29 is 29.6 Å². The van der Waals surface area contributed by atoms with E-state index < -0.39 is 35.0 Å². The average Bonchev–Trinajstić information content (AvgIpc) is 2.19. The summed E-state index contributed by atoms with van der Waals surface area (Å²) in [7, 11) is 0. The zero-order valence-corrected chi connectivity index (χ0v) is 8.69. The first-order chi connectivity index (χ1) is 6.86. The molecule has 0 aliphatic heterocycles. The maximum Gasteiger partial charge on any atom is 0.337 e. The molecule has 0 saturated carbocycles. The van der Waals surface area contributed by atoms with Crippen LogP contribution in [0.5, 0.6) is 11.5 Å². The van der Waals surface area contributed by atoms with Crippen molar-refractivity contribution in [1.29, 1.82) is 0 Å². The summed E-state index contributed by atoms with van der Waals surface area (Å²) < 4.78 is 12.7. The standard InChI is InChI=1S/C8H6BrFO5/c9-3-1-2(6(12)8(14)15)5(11)7(13)4(3)10/h1,6,11-13H,(H,14,15). The third-order valence-corrected chi connectivity index (χ3v) is 2.30. The SMILES string of the molecule is O=C(O)C(O)c1cc(Br)c(F)c(O)c1O. The van der Waals surface area contributed by atoms with Crippen molar-refractivity contribution in [1.82, 2.24) is 0 Å². The first-order valence-electron chi connectivity index (χ1n) is 3.67. The van der Waals surface area contributed by atoms with Crippen LogP contribution in [0, 0.1) is 5.82 Å². The minimum atomic E-state index is -2.03. The van der Waals surface area contributed by atoms with Crippen LogP contribution >= 0.6 is 15.9 Å². The lowest BCUT2D eigenvalue weighted by atomic mass is 10.1. The van der Waals surface area contributed by atoms with E-state index in [9.17, 15) is 14.3 Å². The highest BCUT2D eigenvalue weighted by atomic mass is 79.9. The van der Waals surface area contributed by atoms with E-state index in [1.54, 1.807) is 0 Å². The van der Waals surface area contributed by atoms with Crippen molar-refractivity contribution in [3.8, 4) is 11.5 Å². The Morgan fingerprint density at radius 3 is 2.40 bits per heavy atom. The molecule has 4 N–H and O–H groups in total. The van der Waals surface area contributed by atoms with Gasteiger partial charge < -0.3 is 20.4 Å². The maximum atomic E-state index is 13.0. The smallest absolute Gasteiger partial charge is 0.337 e. The Morgan fingerprint density at radius 2 is 1.93 bits per heavy atom. The summed E-state index contributed by atoms with van der Waals surface area (Å²) >= 11 is 2.70. The van der Waals surface area contributed by atoms with E-state index >= 15 is 0 Å². The fourth-order valence-corrected chi connectivity index (χ4v) is 1.40. The maximum absolute atomic E-state index is 13.0. The van der Waals surface area contributed by atoms with Crippen molar-refractivity contribution >= 4 is 21.9 Å². The van der Waals surface area contributed by atoms with E-state index in [2.05, 4.69) is 15.9 Å². The molecule has 0 bridgehead atoms. The number of aromatic hydroxyl groups is 2. The molecule has 1 aromatic rings. The zero-order valence-electron chi connectivity index (χ0n) is 7.11. The van der Waals surface area contributed by atoms with E-state index in [0.717, 1.165) is 6.07 Å². The van der Waals surface area contributed by atoms with E-state index in [1.165, 1.54) is 0 Å². The van der Waals surface area contributed by atoms with Crippen LogP contribution in [0.4, 0.5) is 4.39 Å². The molecule has 15 heavy (non-hydrogen) atoms. The van der Waals surface area contributed by atoms with Gasteiger partial charge in [-0.25, -0.2) is 9.18 Å². The highest BCUT2D eigenvalue weighted by molar-refractivity contribution is 9.10. The lowest BCUT2D eigenvalue weighted by Gasteiger charge is -2.10. The van der Waals surface area contributed by atoms with E-state index in [-0.39, 0.29) is 4.47 Å². The number of phenols is 2. The third kappa shape index (κ3) is 2.02. The Balaban J connectivity index is 3.38. The van der Waals surface area contributed by atoms with E-state index in [0.29, 0.717) is 0 Å². The average molecular weight is 281 g/mol. The van der Waals surface area contributed by atoms with Gasteiger partial charge in [-0.3, -0.25) is 0 Å². The molecule has 0 aliphatic carbocycles. The van der Waals surface area contributed by atoms with Crippen molar-refractivity contribution in [2.24, 2.45) is 0 Å². The minimum absolute atomic E-state index is 0.256. The fraction of sp³-hybridized carbons (Fsp3) is 0.125. The highest BCUT2D eigenvalue weighted by Crippen LogP contribution is 2.39. The molecule has 0 heterocycles. The molecular weight excluding hydrogens is 275 g/mol. The largest absolute Gasteiger partial charge is 0.504 e. The summed E-state index contributed by atoms with van der Waals surface area (Å²) in [4.78, 5) is 10.4. The van der Waals surface area contributed by atoms with Gasteiger partial charge in [-0.05, 0) is 22.0 Å². The number of benzene rings is 1. The fourth-order valence-electron chi connectivity index (χ4n) is 0.963. The molecule has 1 atom stereocenters. The number of hydrogen-bond acceptors (Lipinski definition) is 4. The number of aliphatic carboxylic acids is 1. The molecule has 7 heteroatoms. The first kappa shape index (κ1) is 11.7. The molecule has 1 rings (SSSR count). The lowest BCUT2D eigenvalue weighted by molar-refractivity contribution is -0.147. The summed E-state index contributed by atoms with van der Waals surface area (Å²) in [6, 6.07) is 0.878. The second-order valence-corrected chi connectivity index (χ2v) is 3.55. The van der Waals surface area contributed by atoms with Crippen LogP contribution in [0.25, 0.3) is 0 Å². The van der Waals surface area contributed by atoms with Crippen LogP contribution < -0.4 is 0 Å². The topological polar surface area (TPSA) is 98.0 Å². The predicted molar refractivity (Wildman–Crippen MR) is 50.0 cm³/mol. The van der Waals surface area contributed by atoms with Crippen LogP contribution in [0.3, 0.4) is 0 Å². The summed E-state index contributed by atoms with van der Waals surface area (Å²) in [6.45, 7) is 0. The third-order valence-electron chi connectivity index (χ3n) is 1.73. The van der Waals surface area contributed by atoms with Crippen molar-refractivity contribution in [2.45, 2.75) is 6.10 Å². The molecule has 0 aliphatic rings. The number of aliphatic hydroxyl groups is 1. The molecule has 5 nitrogen and oxygen atoms in total. The van der Waals surface area contributed by atoms with Crippen molar-refractivity contribution in [2.75, 3.05) is 0 Å². The molecule has 0 radical (unpaired) electrons. The predicted octanol–water partition coefficient (Wildman–Crippen LogP) is 1.12. The number of carboxylic acid groups (broad SMARTS) is 1. The van der Waals surface area contributed by atoms with Gasteiger partial charge in [0, 0.05) is 5.56 Å². The molecule has 0 saturated heterocycles. The van der Waals surface area contributed by atoms with Crippen LogP contribution in [-0.2, 0) is 4.79 Å². The van der Waals surface area contributed by atoms with Gasteiger partial charge in [0.05, 0.1) is 4.47 Å². The van der Waals surface area contributed by atoms with Crippen LogP contribution in [-0.4, -0.2) is 26.4 Å². The van der Waals surface area contributed by atoms with Gasteiger partial charge >= 0.3 is 5.97 Å². The quantitative estimate of drug-likeness (QED) is 0.609. The Kier molecular flexibility index (Phi) is 3.15. The van der Waals surface area contributed by atoms with Crippen LogP contribution in [0.1, 0.15) is 11.7 Å². The van der Waals surface area contributed by atoms with Gasteiger partial charge in [-0.15, -0.1) is 0 Å². The zero-order chi connectivity index (χ0) is 11.7. The molecule has 0 spiro atoms. The second kappa shape index (κ2) is 4.03. The summed E-state index contributed by atoms with van der Waals surface area (Å²) in [5, 5.41) is 35.8. The summed E-state index contributed by atoms with van der Waals surface area (Å²) in [6.07, 6.45) is -2.03. The molecule has 0 fully saturated rings. The Labute approximate surface area is 91.5 Å². The lowest BCUT2D eigenvalue weighted by Crippen LogP contribution is -2.11. The monoisotopic (exact) mass is 280 g/mol. The van der Waals surface area contributed by atoms with Gasteiger partial charge in [-0.2, -0.15) is 0 Å². The molecule has 1 unspecified atom stereocenters. The number of halogens is 2. The summed E-state index contributed by atoms with van der Waals surface area (Å²) in [5.74, 6) is -4.86. The van der Waals surface area contributed by atoms with Crippen LogP contribution in [0.15, 0.2) is 10.5 Å². The molecule has 0 amide bonds. The number of hydrogen-bond donors (Lipinski definition) is 4. The number of rotatable bonds is 2. The van der Waals surface area contributed by atoms with Crippen molar-refractivity contribution in [3.63, 3.8) is 0 Å². The van der Waals surface area contributed by atoms with E-state index in [1.807, 2.05) is 0 Å². The normalized spacial score (nSPS) is 12.5. The first-order valence-corrected chi connectivity index (χ1v) is 4.46. The van der Waals surface area contributed by atoms with Gasteiger partial charge in [0.2, 0.25) is 0 Å². The Hall–Kier alpha value is -1.34. The number of phenolic OH excluding ortho intramolecular Hbond substituents is 2. The number of aliphatic hydroxyl groups excluding tert-OH is 1. The van der Waals surface area contributed by atoms with Gasteiger partial charge in [-0.1, -0.05) is 0 Å². The highest BCUT2D eigenvalue weighted by Gasteiger charge is 2.25. The van der Waals surface area contributed by atoms with E-state index in [4.69, 9.17) is 15.3 Å². The van der Waals surface area contributed by atoms with Crippen molar-refractivity contribution in [3.05, 3.63) is 21.9 Å². The molecule has 0 aromatic heterocycles. The second-order valence-electron chi connectivity index (χ2n) is 2.70. The van der Waals surface area contributed by atoms with Gasteiger partial charge in [0.1, 0.15) is 0 Å². The van der Waals surface area contributed by atoms with Gasteiger partial charge in [0.15, 0.2) is 23.4 Å². The number of carboxylic acids is 1. The summed E-state index contributed by atoms with van der Waals surface area (Å²) in [5.41, 5.74) is -0.492. The Bertz CT molecular complexity index is 420.